The highest BCUT2D eigenvalue weighted by Crippen LogP contribution is 2.37. The second-order valence-electron chi connectivity index (χ2n) is 6.13. The molecule has 0 amide bonds. The van der Waals surface area contributed by atoms with Gasteiger partial charge in [-0.15, -0.1) is 11.6 Å². The van der Waals surface area contributed by atoms with Gasteiger partial charge in [0.1, 0.15) is 5.75 Å². The molecule has 0 atom stereocenters. The molecular formula is C21H29ClO3. The number of fused-ring (bicyclic) bond motifs is 1. The molecule has 0 aliphatic heterocycles. The minimum absolute atomic E-state index is 0.588. The SMILES string of the molecule is CCCCCCCOc1ccc2c(OC)c(OCCCCl)ccc2c1. The molecule has 0 spiro atoms. The molecule has 0 saturated carbocycles. The second-order valence-corrected chi connectivity index (χ2v) is 6.51. The standard InChI is InChI=1S/C21H29ClO3/c1-3-4-5-6-7-14-24-18-10-11-19-17(16-18)9-12-20(21(19)23-2)25-15-8-13-22/h9-12,16H,3-8,13-15H2,1-2H3. The molecule has 0 aliphatic carbocycles. The van der Waals surface area contributed by atoms with E-state index in [0.29, 0.717) is 12.5 Å². The Bertz CT molecular complexity index is 642. The Morgan fingerprint density at radius 1 is 0.880 bits per heavy atom. The molecule has 0 bridgehead atoms. The number of rotatable bonds is 12. The van der Waals surface area contributed by atoms with E-state index in [4.69, 9.17) is 25.8 Å². The fourth-order valence-electron chi connectivity index (χ4n) is 2.81. The van der Waals surface area contributed by atoms with Gasteiger partial charge in [-0.25, -0.2) is 0 Å². The van der Waals surface area contributed by atoms with Crippen LogP contribution in [0.5, 0.6) is 17.2 Å². The van der Waals surface area contributed by atoms with Crippen molar-refractivity contribution < 1.29 is 14.2 Å². The summed E-state index contributed by atoms with van der Waals surface area (Å²) in [5.74, 6) is 3.01. The van der Waals surface area contributed by atoms with E-state index in [1.54, 1.807) is 7.11 Å². The molecule has 2 aromatic rings. The number of ether oxygens (including phenoxy) is 3. The summed E-state index contributed by atoms with van der Waals surface area (Å²) in [6.07, 6.45) is 7.03. The van der Waals surface area contributed by atoms with Crippen molar-refractivity contribution >= 4 is 22.4 Å². The Morgan fingerprint density at radius 2 is 1.68 bits per heavy atom. The molecule has 138 valence electrons. The van der Waals surface area contributed by atoms with Crippen molar-refractivity contribution in [3.63, 3.8) is 0 Å². The maximum absolute atomic E-state index is 5.89. The van der Waals surface area contributed by atoms with Gasteiger partial charge >= 0.3 is 0 Å². The number of hydrogen-bond donors (Lipinski definition) is 0. The minimum Gasteiger partial charge on any atom is -0.494 e. The zero-order chi connectivity index (χ0) is 17.9. The number of benzene rings is 2. The van der Waals surface area contributed by atoms with Crippen LogP contribution in [0, 0.1) is 0 Å². The fourth-order valence-corrected chi connectivity index (χ4v) is 2.91. The van der Waals surface area contributed by atoms with Crippen LogP contribution in [0.2, 0.25) is 0 Å². The lowest BCUT2D eigenvalue weighted by Gasteiger charge is -2.14. The quantitative estimate of drug-likeness (QED) is 0.331. The average Bonchev–Trinajstić information content (AvgIpc) is 2.64. The lowest BCUT2D eigenvalue weighted by atomic mass is 10.1. The Hall–Kier alpha value is -1.61. The van der Waals surface area contributed by atoms with E-state index in [2.05, 4.69) is 13.0 Å². The first-order valence-electron chi connectivity index (χ1n) is 9.22. The third-order valence-corrected chi connectivity index (χ3v) is 4.43. The van der Waals surface area contributed by atoms with Crippen LogP contribution >= 0.6 is 11.6 Å². The number of hydrogen-bond acceptors (Lipinski definition) is 3. The minimum atomic E-state index is 0.588. The van der Waals surface area contributed by atoms with Gasteiger partial charge in [0.25, 0.3) is 0 Å². The molecule has 0 saturated heterocycles. The highest BCUT2D eigenvalue weighted by atomic mass is 35.5. The van der Waals surface area contributed by atoms with Crippen molar-refractivity contribution in [3.05, 3.63) is 30.3 Å². The summed E-state index contributed by atoms with van der Waals surface area (Å²) in [7, 11) is 1.67. The van der Waals surface area contributed by atoms with Gasteiger partial charge in [0, 0.05) is 11.3 Å². The number of methoxy groups -OCH3 is 1. The van der Waals surface area contributed by atoms with Gasteiger partial charge in [-0.05, 0) is 42.5 Å². The average molecular weight is 365 g/mol. The smallest absolute Gasteiger partial charge is 0.168 e. The zero-order valence-corrected chi connectivity index (χ0v) is 16.1. The van der Waals surface area contributed by atoms with Gasteiger partial charge in [0.15, 0.2) is 11.5 Å². The molecular weight excluding hydrogens is 336 g/mol. The normalized spacial score (nSPS) is 10.8. The van der Waals surface area contributed by atoms with E-state index >= 15 is 0 Å². The highest BCUT2D eigenvalue weighted by Gasteiger charge is 2.10. The highest BCUT2D eigenvalue weighted by molar-refractivity contribution is 6.17. The maximum Gasteiger partial charge on any atom is 0.168 e. The Balaban J connectivity index is 2.01. The first-order chi connectivity index (χ1) is 12.3. The molecule has 2 aromatic carbocycles. The number of halogens is 1. The van der Waals surface area contributed by atoms with Crippen LogP contribution in [-0.2, 0) is 0 Å². The predicted molar refractivity (Wildman–Crippen MR) is 106 cm³/mol. The van der Waals surface area contributed by atoms with E-state index < -0.39 is 0 Å². The summed E-state index contributed by atoms with van der Waals surface area (Å²) >= 11 is 5.71. The van der Waals surface area contributed by atoms with Crippen molar-refractivity contribution in [1.29, 1.82) is 0 Å². The van der Waals surface area contributed by atoms with Gasteiger partial charge in [0.05, 0.1) is 20.3 Å². The molecule has 0 unspecified atom stereocenters. The van der Waals surface area contributed by atoms with Crippen LogP contribution in [0.25, 0.3) is 10.8 Å². The molecule has 2 rings (SSSR count). The first kappa shape index (κ1) is 19.7. The predicted octanol–water partition coefficient (Wildman–Crippen LogP) is 6.21. The summed E-state index contributed by atoms with van der Waals surface area (Å²) in [5.41, 5.74) is 0. The molecule has 0 fully saturated rings. The summed E-state index contributed by atoms with van der Waals surface area (Å²) in [5, 5.41) is 2.12. The van der Waals surface area contributed by atoms with Crippen molar-refractivity contribution in [3.8, 4) is 17.2 Å². The largest absolute Gasteiger partial charge is 0.494 e. The van der Waals surface area contributed by atoms with Gasteiger partial charge in [0.2, 0.25) is 0 Å². The second kappa shape index (κ2) is 11.1. The van der Waals surface area contributed by atoms with Crippen LogP contribution in [0.4, 0.5) is 0 Å². The number of alkyl halides is 1. The summed E-state index contributed by atoms with van der Waals surface area (Å²) in [6.45, 7) is 3.59. The van der Waals surface area contributed by atoms with E-state index in [1.165, 1.54) is 25.7 Å². The lowest BCUT2D eigenvalue weighted by molar-refractivity contribution is 0.296. The van der Waals surface area contributed by atoms with E-state index in [0.717, 1.165) is 47.5 Å². The van der Waals surface area contributed by atoms with Gasteiger partial charge in [-0.3, -0.25) is 0 Å². The monoisotopic (exact) mass is 364 g/mol. The van der Waals surface area contributed by atoms with Gasteiger partial charge in [-0.2, -0.15) is 0 Å². The molecule has 0 radical (unpaired) electrons. The Labute approximate surface area is 156 Å². The molecule has 4 heteroatoms. The molecule has 0 aromatic heterocycles. The van der Waals surface area contributed by atoms with E-state index in [1.807, 2.05) is 24.3 Å². The Kier molecular flexibility index (Phi) is 8.75. The Morgan fingerprint density at radius 3 is 2.44 bits per heavy atom. The van der Waals surface area contributed by atoms with E-state index in [-0.39, 0.29) is 0 Å². The van der Waals surface area contributed by atoms with Crippen molar-refractivity contribution in [2.75, 3.05) is 26.2 Å². The molecule has 3 nitrogen and oxygen atoms in total. The summed E-state index contributed by atoms with van der Waals surface area (Å²) in [6, 6.07) is 10.1. The topological polar surface area (TPSA) is 27.7 Å². The summed E-state index contributed by atoms with van der Waals surface area (Å²) < 4.78 is 17.2. The van der Waals surface area contributed by atoms with Crippen molar-refractivity contribution in [2.24, 2.45) is 0 Å². The first-order valence-corrected chi connectivity index (χ1v) is 9.76. The maximum atomic E-state index is 5.89. The molecule has 0 heterocycles. The number of unbranched alkanes of at least 4 members (excludes halogenated alkanes) is 4. The third-order valence-electron chi connectivity index (χ3n) is 4.16. The van der Waals surface area contributed by atoms with Crippen LogP contribution in [-0.4, -0.2) is 26.2 Å². The van der Waals surface area contributed by atoms with Crippen LogP contribution < -0.4 is 14.2 Å². The van der Waals surface area contributed by atoms with Crippen molar-refractivity contribution in [2.45, 2.75) is 45.4 Å². The van der Waals surface area contributed by atoms with Gasteiger partial charge < -0.3 is 14.2 Å². The van der Waals surface area contributed by atoms with Crippen LogP contribution in [0.15, 0.2) is 30.3 Å². The summed E-state index contributed by atoms with van der Waals surface area (Å²) in [4.78, 5) is 0. The van der Waals surface area contributed by atoms with Crippen LogP contribution in [0.1, 0.15) is 45.4 Å². The van der Waals surface area contributed by atoms with Gasteiger partial charge in [-0.1, -0.05) is 38.7 Å². The lowest BCUT2D eigenvalue weighted by Crippen LogP contribution is -2.00. The fraction of sp³-hybridized carbons (Fsp3) is 0.524. The molecule has 0 N–H and O–H groups in total. The van der Waals surface area contributed by atoms with E-state index in [9.17, 15) is 0 Å². The van der Waals surface area contributed by atoms with Crippen LogP contribution in [0.3, 0.4) is 0 Å². The van der Waals surface area contributed by atoms with Crippen molar-refractivity contribution in [1.82, 2.24) is 0 Å². The third kappa shape index (κ3) is 6.00. The molecule has 25 heavy (non-hydrogen) atoms. The zero-order valence-electron chi connectivity index (χ0n) is 15.4. The molecule has 0 aliphatic rings.